The number of sulfone groups is 1. The third kappa shape index (κ3) is 3.75. The van der Waals surface area contributed by atoms with E-state index >= 15 is 0 Å². The quantitative estimate of drug-likeness (QED) is 0.716. The molecule has 2 atom stereocenters. The molecule has 1 heterocycles. The molecule has 1 aromatic rings. The van der Waals surface area contributed by atoms with E-state index in [9.17, 15) is 12.8 Å². The molecule has 0 N–H and O–H groups in total. The molecule has 1 saturated heterocycles. The molecule has 126 valence electrons. The summed E-state index contributed by atoms with van der Waals surface area (Å²) in [7, 11) is -3.27. The molecular formula is C18H23FO2S2. The Labute approximate surface area is 143 Å². The fourth-order valence-corrected chi connectivity index (χ4v) is 7.25. The molecule has 0 radical (unpaired) electrons. The second kappa shape index (κ2) is 6.49. The van der Waals surface area contributed by atoms with Crippen LogP contribution in [0.1, 0.15) is 38.8 Å². The summed E-state index contributed by atoms with van der Waals surface area (Å²) in [6.07, 6.45) is 0. The first-order valence-electron chi connectivity index (χ1n) is 7.62. The minimum absolute atomic E-state index is 0.0206. The van der Waals surface area contributed by atoms with E-state index in [4.69, 9.17) is 0 Å². The molecule has 5 heteroatoms. The maximum atomic E-state index is 12.9. The van der Waals surface area contributed by atoms with Gasteiger partial charge >= 0.3 is 0 Å². The van der Waals surface area contributed by atoms with Crippen molar-refractivity contribution in [1.29, 1.82) is 0 Å². The van der Waals surface area contributed by atoms with E-state index in [-0.39, 0.29) is 17.1 Å². The largest absolute Gasteiger partial charge is 0.237 e. The summed E-state index contributed by atoms with van der Waals surface area (Å²) >= 11 is 1.50. The molecule has 23 heavy (non-hydrogen) atoms. The van der Waals surface area contributed by atoms with E-state index in [2.05, 4.69) is 32.6 Å². The van der Waals surface area contributed by atoms with E-state index < -0.39 is 20.6 Å². The van der Waals surface area contributed by atoms with E-state index in [0.29, 0.717) is 5.56 Å². The van der Waals surface area contributed by atoms with Crippen LogP contribution in [0.4, 0.5) is 4.39 Å². The minimum Gasteiger partial charge on any atom is -0.237 e. The number of hydrogen-bond donors (Lipinski definition) is 0. The second-order valence-electron chi connectivity index (χ2n) is 7.11. The van der Waals surface area contributed by atoms with Crippen LogP contribution in [0.5, 0.6) is 0 Å². The van der Waals surface area contributed by atoms with E-state index in [1.807, 2.05) is 0 Å². The van der Waals surface area contributed by atoms with Crippen LogP contribution in [0.3, 0.4) is 0 Å². The zero-order valence-electron chi connectivity index (χ0n) is 14.0. The highest BCUT2D eigenvalue weighted by Gasteiger charge is 2.48. The Balaban J connectivity index is 2.32. The molecule has 0 spiro atoms. The lowest BCUT2D eigenvalue weighted by Crippen LogP contribution is -2.43. The van der Waals surface area contributed by atoms with Gasteiger partial charge in [-0.3, -0.25) is 0 Å². The second-order valence-corrected chi connectivity index (χ2v) is 11.2. The number of benzene rings is 1. The maximum absolute atomic E-state index is 12.9. The maximum Gasteiger partial charge on any atom is 0.169 e. The summed E-state index contributed by atoms with van der Waals surface area (Å²) < 4.78 is 37.0. The molecule has 0 aromatic heterocycles. The SMILES string of the molecule is CC(C)(C)[C@H]1CS[C@](C)(c2ccc(C#CC[18F])cc2)S(=O)(=O)C1. The summed E-state index contributed by atoms with van der Waals surface area (Å²) in [5.74, 6) is 6.26. The molecule has 2 nitrogen and oxygen atoms in total. The van der Waals surface area contributed by atoms with Gasteiger partial charge in [-0.15, -0.1) is 11.8 Å². The highest BCUT2D eigenvalue weighted by atomic mass is 32.3. The van der Waals surface area contributed by atoms with Crippen LogP contribution in [0, 0.1) is 23.2 Å². The van der Waals surface area contributed by atoms with Crippen molar-refractivity contribution in [2.75, 3.05) is 18.2 Å². The Kier molecular flexibility index (Phi) is 5.18. The molecule has 0 aliphatic carbocycles. The van der Waals surface area contributed by atoms with Crippen molar-refractivity contribution in [3.8, 4) is 11.8 Å². The van der Waals surface area contributed by atoms with Gasteiger partial charge < -0.3 is 0 Å². The first-order chi connectivity index (χ1) is 10.6. The average Bonchev–Trinajstić information content (AvgIpc) is 2.47. The fraction of sp³-hybridized carbons (Fsp3) is 0.556. The zero-order valence-corrected chi connectivity index (χ0v) is 15.7. The van der Waals surface area contributed by atoms with Crippen molar-refractivity contribution in [2.45, 2.75) is 31.8 Å². The van der Waals surface area contributed by atoms with Gasteiger partial charge in [-0.2, -0.15) is 0 Å². The van der Waals surface area contributed by atoms with Crippen LogP contribution >= 0.6 is 11.8 Å². The minimum atomic E-state index is -3.27. The lowest BCUT2D eigenvalue weighted by atomic mass is 9.83. The number of halogens is 1. The van der Waals surface area contributed by atoms with Crippen LogP contribution in [0.25, 0.3) is 0 Å². The summed E-state index contributed by atoms with van der Waals surface area (Å²) in [5, 5.41) is 0. The molecule has 0 amide bonds. The number of hydrogen-bond acceptors (Lipinski definition) is 3. The highest BCUT2D eigenvalue weighted by molar-refractivity contribution is 8.14. The van der Waals surface area contributed by atoms with Crippen LogP contribution < -0.4 is 0 Å². The average molecular weight is 354 g/mol. The summed E-state index contributed by atoms with van der Waals surface area (Å²) in [6.45, 7) is 7.38. The van der Waals surface area contributed by atoms with E-state index in [0.717, 1.165) is 11.3 Å². The van der Waals surface area contributed by atoms with Gasteiger partial charge in [-0.05, 0) is 41.7 Å². The third-order valence-corrected chi connectivity index (χ3v) is 9.24. The van der Waals surface area contributed by atoms with E-state index in [1.165, 1.54) is 11.8 Å². The van der Waals surface area contributed by atoms with Crippen LogP contribution in [0.2, 0.25) is 0 Å². The molecular weight excluding hydrogens is 330 g/mol. The van der Waals surface area contributed by atoms with Gasteiger partial charge in [0.15, 0.2) is 16.5 Å². The Hall–Kier alpha value is -0.990. The molecule has 0 unspecified atom stereocenters. The lowest BCUT2D eigenvalue weighted by molar-refractivity contribution is 0.287. The molecule has 1 aliphatic heterocycles. The number of thioether (sulfide) groups is 1. The predicted octanol–water partition coefficient (Wildman–Crippen LogP) is 4.00. The van der Waals surface area contributed by atoms with Gasteiger partial charge in [0, 0.05) is 5.56 Å². The van der Waals surface area contributed by atoms with Crippen LogP contribution in [-0.2, 0) is 13.9 Å². The van der Waals surface area contributed by atoms with Gasteiger partial charge in [0.2, 0.25) is 0 Å². The van der Waals surface area contributed by atoms with Crippen molar-refractivity contribution in [3.63, 3.8) is 0 Å². The summed E-state index contributed by atoms with van der Waals surface area (Å²) in [5.41, 5.74) is 1.44. The Morgan fingerprint density at radius 3 is 2.39 bits per heavy atom. The molecule has 1 aliphatic rings. The third-order valence-electron chi connectivity index (χ3n) is 4.51. The van der Waals surface area contributed by atoms with Gasteiger partial charge in [0.25, 0.3) is 0 Å². The molecule has 1 aromatic carbocycles. The number of alkyl halides is 1. The zero-order chi connectivity index (χ0) is 17.3. The monoisotopic (exact) mass is 353 g/mol. The topological polar surface area (TPSA) is 34.1 Å². The van der Waals surface area contributed by atoms with Gasteiger partial charge in [0.05, 0.1) is 5.75 Å². The van der Waals surface area contributed by atoms with Gasteiger partial charge in [0.1, 0.15) is 4.08 Å². The fourth-order valence-electron chi connectivity index (χ4n) is 2.58. The standard InChI is InChI=1S/C18H23FO2S2/c1-17(2,3)16-12-22-18(4,23(20,21)13-16)15-9-7-14(8-10-15)6-5-11-19/h7-10,16H,11-13H2,1-4H3/t16-,18-/m0/s1/i19-1. The van der Waals surface area contributed by atoms with Crippen LogP contribution in [0.15, 0.2) is 24.3 Å². The van der Waals surface area contributed by atoms with Crippen LogP contribution in [-0.4, -0.2) is 26.6 Å². The van der Waals surface area contributed by atoms with Crippen molar-refractivity contribution < 1.29 is 12.8 Å². The normalized spacial score (nSPS) is 27.1. The van der Waals surface area contributed by atoms with E-state index in [1.54, 1.807) is 31.2 Å². The summed E-state index contributed by atoms with van der Waals surface area (Å²) in [4.78, 5) is 0. The van der Waals surface area contributed by atoms with Crippen molar-refractivity contribution >= 4 is 21.6 Å². The van der Waals surface area contributed by atoms with Gasteiger partial charge in [-0.1, -0.05) is 44.7 Å². The van der Waals surface area contributed by atoms with Crippen molar-refractivity contribution in [3.05, 3.63) is 35.4 Å². The molecule has 0 saturated carbocycles. The Morgan fingerprint density at radius 1 is 1.30 bits per heavy atom. The first kappa shape index (κ1) is 18.4. The van der Waals surface area contributed by atoms with Gasteiger partial charge in [-0.25, -0.2) is 12.8 Å². The molecule has 1 fully saturated rings. The lowest BCUT2D eigenvalue weighted by Gasteiger charge is -2.41. The number of rotatable bonds is 1. The first-order valence-corrected chi connectivity index (χ1v) is 10.3. The Bertz CT molecular complexity index is 721. The highest BCUT2D eigenvalue weighted by Crippen LogP contribution is 2.49. The smallest absolute Gasteiger partial charge is 0.169 e. The van der Waals surface area contributed by atoms with Crippen molar-refractivity contribution in [1.82, 2.24) is 0 Å². The summed E-state index contributed by atoms with van der Waals surface area (Å²) in [6, 6.07) is 7.11. The molecule has 0 bridgehead atoms. The Morgan fingerprint density at radius 2 is 1.91 bits per heavy atom. The predicted molar refractivity (Wildman–Crippen MR) is 95.8 cm³/mol. The molecule has 2 rings (SSSR count). The van der Waals surface area contributed by atoms with Crippen molar-refractivity contribution in [2.24, 2.45) is 11.3 Å².